The van der Waals surface area contributed by atoms with Crippen LogP contribution < -0.4 is 9.54 Å². The molecule has 0 N–H and O–H groups in total. The number of ether oxygens (including phenoxy) is 1. The normalized spacial score (nSPS) is 11.8. The molecule has 2 aromatic carbocycles. The van der Waals surface area contributed by atoms with E-state index < -0.39 is 11.6 Å². The van der Waals surface area contributed by atoms with Crippen LogP contribution in [0.2, 0.25) is 0 Å². The van der Waals surface area contributed by atoms with Gasteiger partial charge in [-0.1, -0.05) is 0 Å². The highest BCUT2D eigenvalue weighted by atomic mass is 32.1. The first kappa shape index (κ1) is 20.0. The van der Waals surface area contributed by atoms with E-state index in [1.807, 2.05) is 40.4 Å². The molecule has 2 aromatic heterocycles. The second-order valence-electron chi connectivity index (χ2n) is 6.65. The highest BCUT2D eigenvalue weighted by molar-refractivity contribution is 7.07. The minimum absolute atomic E-state index is 0.114. The Hall–Kier alpha value is -3.26. The number of benzene rings is 2. The zero-order valence-electron chi connectivity index (χ0n) is 16.3. The summed E-state index contributed by atoms with van der Waals surface area (Å²) in [6, 6.07) is 11.2. The van der Waals surface area contributed by atoms with Gasteiger partial charge >= 0.3 is 0 Å². The largest absolute Gasteiger partial charge is 0.497 e. The number of hydrogen-bond acceptors (Lipinski definition) is 4. The zero-order valence-corrected chi connectivity index (χ0v) is 17.1. The van der Waals surface area contributed by atoms with E-state index in [2.05, 4.69) is 14.5 Å². The molecule has 0 atom stereocenters. The Morgan fingerprint density at radius 3 is 2.63 bits per heavy atom. The maximum atomic E-state index is 14.2. The topological polar surface area (TPSA) is 44.3 Å². The van der Waals surface area contributed by atoms with Gasteiger partial charge in [-0.25, -0.2) is 18.8 Å². The molecule has 4 aromatic rings. The van der Waals surface area contributed by atoms with Crippen LogP contribution in [-0.2, 0) is 13.1 Å². The number of nitrogens with zero attached hydrogens (tertiary/aromatic N) is 4. The molecule has 0 aliphatic carbocycles. The minimum atomic E-state index is -0.681. The Bertz CT molecular complexity index is 1180. The molecule has 0 saturated heterocycles. The molecule has 30 heavy (non-hydrogen) atoms. The van der Waals surface area contributed by atoms with Crippen molar-refractivity contribution in [2.75, 3.05) is 7.11 Å². The predicted molar refractivity (Wildman–Crippen MR) is 113 cm³/mol. The third-order valence-electron chi connectivity index (χ3n) is 4.67. The summed E-state index contributed by atoms with van der Waals surface area (Å²) < 4.78 is 36.7. The summed E-state index contributed by atoms with van der Waals surface area (Å²) in [5.74, 6) is -0.525. The summed E-state index contributed by atoms with van der Waals surface area (Å²) in [5.41, 5.74) is 2.10. The third-order valence-corrected chi connectivity index (χ3v) is 5.53. The lowest BCUT2D eigenvalue weighted by Crippen LogP contribution is -2.17. The van der Waals surface area contributed by atoms with Crippen LogP contribution in [0.4, 0.5) is 14.5 Å². The molecule has 0 aliphatic heterocycles. The Kier molecular flexibility index (Phi) is 6.04. The van der Waals surface area contributed by atoms with Crippen molar-refractivity contribution in [1.29, 1.82) is 0 Å². The molecule has 0 fully saturated rings. The van der Waals surface area contributed by atoms with Crippen LogP contribution in [0.1, 0.15) is 6.42 Å². The number of aromatic nitrogens is 3. The van der Waals surface area contributed by atoms with Crippen molar-refractivity contribution in [1.82, 2.24) is 14.1 Å². The summed E-state index contributed by atoms with van der Waals surface area (Å²) >= 11 is 1.42. The first-order valence-corrected chi connectivity index (χ1v) is 10.3. The van der Waals surface area contributed by atoms with Crippen LogP contribution >= 0.6 is 11.3 Å². The lowest BCUT2D eigenvalue weighted by molar-refractivity contribution is 0.415. The second-order valence-corrected chi connectivity index (χ2v) is 7.48. The van der Waals surface area contributed by atoms with Gasteiger partial charge in [0, 0.05) is 36.9 Å². The quantitative estimate of drug-likeness (QED) is 0.416. The van der Waals surface area contributed by atoms with Crippen LogP contribution in [0.25, 0.3) is 11.3 Å². The van der Waals surface area contributed by atoms with E-state index >= 15 is 0 Å². The van der Waals surface area contributed by atoms with Crippen LogP contribution in [0.5, 0.6) is 5.75 Å². The maximum Gasteiger partial charge on any atom is 0.190 e. The van der Waals surface area contributed by atoms with Crippen molar-refractivity contribution in [3.8, 4) is 17.0 Å². The van der Waals surface area contributed by atoms with Gasteiger partial charge in [-0.2, -0.15) is 0 Å². The van der Waals surface area contributed by atoms with Gasteiger partial charge in [0.2, 0.25) is 0 Å². The summed E-state index contributed by atoms with van der Waals surface area (Å²) in [4.78, 5) is 9.19. The lowest BCUT2D eigenvalue weighted by Gasteiger charge is -2.10. The van der Waals surface area contributed by atoms with E-state index in [-0.39, 0.29) is 5.69 Å². The van der Waals surface area contributed by atoms with Gasteiger partial charge in [0.1, 0.15) is 17.3 Å². The van der Waals surface area contributed by atoms with Gasteiger partial charge in [-0.3, -0.25) is 0 Å². The maximum absolute atomic E-state index is 14.2. The molecule has 5 nitrogen and oxygen atoms in total. The number of aryl methyl sites for hydroxylation is 1. The van der Waals surface area contributed by atoms with E-state index in [9.17, 15) is 8.78 Å². The van der Waals surface area contributed by atoms with Crippen LogP contribution in [0.15, 0.2) is 71.6 Å². The Labute approximate surface area is 176 Å². The smallest absolute Gasteiger partial charge is 0.190 e. The first-order valence-electron chi connectivity index (χ1n) is 9.42. The van der Waals surface area contributed by atoms with Crippen molar-refractivity contribution in [2.24, 2.45) is 4.99 Å². The molecule has 0 radical (unpaired) electrons. The number of methoxy groups -OCH3 is 1. The summed E-state index contributed by atoms with van der Waals surface area (Å²) in [5, 5.41) is 2.00. The number of rotatable bonds is 7. The summed E-state index contributed by atoms with van der Waals surface area (Å²) in [6.45, 7) is 1.49. The Morgan fingerprint density at radius 2 is 1.93 bits per heavy atom. The van der Waals surface area contributed by atoms with Crippen LogP contribution in [0, 0.1) is 11.6 Å². The molecule has 0 spiro atoms. The molecule has 0 aliphatic rings. The molecule has 0 bridgehead atoms. The fourth-order valence-corrected chi connectivity index (χ4v) is 4.08. The first-order chi connectivity index (χ1) is 14.6. The van der Waals surface area contributed by atoms with Gasteiger partial charge in [0.05, 0.1) is 19.1 Å². The molecule has 154 valence electrons. The van der Waals surface area contributed by atoms with Gasteiger partial charge < -0.3 is 13.9 Å². The van der Waals surface area contributed by atoms with E-state index in [0.29, 0.717) is 11.3 Å². The molecular weight excluding hydrogens is 406 g/mol. The van der Waals surface area contributed by atoms with E-state index in [0.717, 1.165) is 36.0 Å². The van der Waals surface area contributed by atoms with Gasteiger partial charge in [-0.05, 0) is 48.4 Å². The van der Waals surface area contributed by atoms with Crippen molar-refractivity contribution in [3.05, 3.63) is 83.0 Å². The molecule has 0 saturated carbocycles. The molecule has 0 amide bonds. The van der Waals surface area contributed by atoms with E-state index in [1.165, 1.54) is 23.5 Å². The van der Waals surface area contributed by atoms with Gasteiger partial charge in [0.15, 0.2) is 10.6 Å². The van der Waals surface area contributed by atoms with Crippen molar-refractivity contribution < 1.29 is 13.5 Å². The highest BCUT2D eigenvalue weighted by Crippen LogP contribution is 2.24. The third kappa shape index (κ3) is 4.49. The molecule has 8 heteroatoms. The SMILES string of the molecule is COc1ccc(-c2csc(=Nc3ccc(F)cc3F)n2CCCn2ccnc2)cc1. The Balaban J connectivity index is 1.71. The van der Waals surface area contributed by atoms with Gasteiger partial charge in [-0.15, -0.1) is 11.3 Å². The number of halogens is 2. The number of hydrogen-bond donors (Lipinski definition) is 0. The molecule has 4 rings (SSSR count). The lowest BCUT2D eigenvalue weighted by atomic mass is 10.1. The monoisotopic (exact) mass is 426 g/mol. The number of imidazole rings is 1. The van der Waals surface area contributed by atoms with E-state index in [4.69, 9.17) is 4.74 Å². The number of thiazole rings is 1. The average Bonchev–Trinajstić information content (AvgIpc) is 3.41. The average molecular weight is 426 g/mol. The minimum Gasteiger partial charge on any atom is -0.497 e. The summed E-state index contributed by atoms with van der Waals surface area (Å²) in [7, 11) is 1.63. The highest BCUT2D eigenvalue weighted by Gasteiger charge is 2.10. The van der Waals surface area contributed by atoms with Crippen LogP contribution in [-0.4, -0.2) is 21.2 Å². The van der Waals surface area contributed by atoms with Crippen molar-refractivity contribution in [2.45, 2.75) is 19.5 Å². The predicted octanol–water partition coefficient (Wildman–Crippen LogP) is 5.02. The van der Waals surface area contributed by atoms with E-state index in [1.54, 1.807) is 19.6 Å². The fourth-order valence-electron chi connectivity index (χ4n) is 3.13. The van der Waals surface area contributed by atoms with Crippen molar-refractivity contribution in [3.63, 3.8) is 0 Å². The molecule has 2 heterocycles. The fraction of sp³-hybridized carbons (Fsp3) is 0.182. The molecule has 0 unspecified atom stereocenters. The van der Waals surface area contributed by atoms with Crippen molar-refractivity contribution >= 4 is 17.0 Å². The van der Waals surface area contributed by atoms with Crippen LogP contribution in [0.3, 0.4) is 0 Å². The standard InChI is InChI=1S/C22H20F2N4OS/c1-29-18-6-3-16(4-7-18)21-14-30-22(26-20-8-5-17(23)13-19(20)24)28(21)11-2-10-27-12-9-25-15-27/h3-9,12-15H,2,10-11H2,1H3. The van der Waals surface area contributed by atoms with Gasteiger partial charge in [0.25, 0.3) is 0 Å². The second kappa shape index (κ2) is 9.04. The zero-order chi connectivity index (χ0) is 20.9. The Morgan fingerprint density at radius 1 is 1.10 bits per heavy atom. The summed E-state index contributed by atoms with van der Waals surface area (Å²) in [6.07, 6.45) is 6.29. The molecular formula is C22H20F2N4OS.